The van der Waals surface area contributed by atoms with Gasteiger partial charge in [0.2, 0.25) is 0 Å². The van der Waals surface area contributed by atoms with E-state index >= 15 is 0 Å². The zero-order chi connectivity index (χ0) is 14.3. The number of phenolic OH excluding ortho intramolecular Hbond substituents is 1. The van der Waals surface area contributed by atoms with Crippen LogP contribution in [0.15, 0.2) is 24.5 Å². The molecule has 1 aromatic carbocycles. The summed E-state index contributed by atoms with van der Waals surface area (Å²) in [7, 11) is 0. The monoisotopic (exact) mass is 271 g/mol. The molecule has 0 saturated heterocycles. The van der Waals surface area contributed by atoms with Crippen molar-refractivity contribution in [1.29, 1.82) is 0 Å². The van der Waals surface area contributed by atoms with Crippen LogP contribution in [0.2, 0.25) is 0 Å². The van der Waals surface area contributed by atoms with Gasteiger partial charge < -0.3 is 10.4 Å². The van der Waals surface area contributed by atoms with Crippen molar-refractivity contribution in [1.82, 2.24) is 9.78 Å². The third kappa shape index (κ3) is 2.05. The van der Waals surface area contributed by atoms with Crippen molar-refractivity contribution in [3.8, 4) is 5.75 Å². The van der Waals surface area contributed by atoms with Crippen LogP contribution in [0, 0.1) is 6.92 Å². The summed E-state index contributed by atoms with van der Waals surface area (Å²) >= 11 is 0. The Morgan fingerprint density at radius 2 is 2.20 bits per heavy atom. The van der Waals surface area contributed by atoms with E-state index < -0.39 is 0 Å². The van der Waals surface area contributed by atoms with E-state index in [1.807, 2.05) is 23.1 Å². The molecule has 0 radical (unpaired) electrons. The largest absolute Gasteiger partial charge is 0.508 e. The number of rotatable bonds is 3. The average molecular weight is 271 g/mol. The minimum atomic E-state index is 0.161. The maximum Gasteiger partial charge on any atom is 0.121 e. The van der Waals surface area contributed by atoms with Gasteiger partial charge in [-0.1, -0.05) is 13.0 Å². The second kappa shape index (κ2) is 4.85. The topological polar surface area (TPSA) is 50.1 Å². The summed E-state index contributed by atoms with van der Waals surface area (Å²) < 4.78 is 1.90. The second-order valence-corrected chi connectivity index (χ2v) is 5.65. The van der Waals surface area contributed by atoms with E-state index in [1.165, 1.54) is 11.1 Å². The fraction of sp³-hybridized carbons (Fsp3) is 0.438. The Hall–Kier alpha value is -1.97. The fourth-order valence-electron chi connectivity index (χ4n) is 3.29. The Morgan fingerprint density at radius 1 is 1.40 bits per heavy atom. The standard InChI is InChI=1S/C16H21N3O/c1-4-19-9-12(8-17-19)18-13-7-11(3)15-10(2)5-6-14(20)16(13)15/h5-6,8-9,11,13,18,20H,4,7H2,1-3H3. The molecule has 106 valence electrons. The summed E-state index contributed by atoms with van der Waals surface area (Å²) in [5, 5.41) is 18.0. The number of hydrogen-bond acceptors (Lipinski definition) is 3. The smallest absolute Gasteiger partial charge is 0.121 e. The molecule has 1 aliphatic rings. The highest BCUT2D eigenvalue weighted by atomic mass is 16.3. The van der Waals surface area contributed by atoms with Crippen molar-refractivity contribution >= 4 is 5.69 Å². The number of hydrogen-bond donors (Lipinski definition) is 2. The fourth-order valence-corrected chi connectivity index (χ4v) is 3.29. The molecule has 2 aromatic rings. The van der Waals surface area contributed by atoms with Crippen LogP contribution in [0.25, 0.3) is 0 Å². The quantitative estimate of drug-likeness (QED) is 0.897. The zero-order valence-electron chi connectivity index (χ0n) is 12.2. The first kappa shape index (κ1) is 13.0. The van der Waals surface area contributed by atoms with E-state index in [1.54, 1.807) is 6.07 Å². The molecular weight excluding hydrogens is 250 g/mol. The highest BCUT2D eigenvalue weighted by Crippen LogP contribution is 2.47. The molecule has 4 nitrogen and oxygen atoms in total. The van der Waals surface area contributed by atoms with E-state index in [0.717, 1.165) is 24.2 Å². The number of nitrogens with zero attached hydrogens (tertiary/aromatic N) is 2. The van der Waals surface area contributed by atoms with Gasteiger partial charge in [-0.15, -0.1) is 0 Å². The number of nitrogens with one attached hydrogen (secondary N) is 1. The second-order valence-electron chi connectivity index (χ2n) is 5.65. The molecule has 0 aliphatic heterocycles. The first-order valence-electron chi connectivity index (χ1n) is 7.21. The zero-order valence-corrected chi connectivity index (χ0v) is 12.2. The van der Waals surface area contributed by atoms with Crippen LogP contribution in [0.5, 0.6) is 5.75 Å². The molecule has 2 atom stereocenters. The normalized spacial score (nSPS) is 20.9. The summed E-state index contributed by atoms with van der Waals surface area (Å²) in [6.07, 6.45) is 4.86. The van der Waals surface area contributed by atoms with Gasteiger partial charge in [-0.05, 0) is 43.4 Å². The van der Waals surface area contributed by atoms with Crippen molar-refractivity contribution in [2.45, 2.75) is 45.7 Å². The van der Waals surface area contributed by atoms with Crippen molar-refractivity contribution in [3.05, 3.63) is 41.2 Å². The number of aryl methyl sites for hydroxylation is 2. The van der Waals surface area contributed by atoms with Gasteiger partial charge >= 0.3 is 0 Å². The number of aromatic nitrogens is 2. The van der Waals surface area contributed by atoms with Crippen LogP contribution < -0.4 is 5.32 Å². The van der Waals surface area contributed by atoms with Gasteiger partial charge in [0.25, 0.3) is 0 Å². The Labute approximate surface area is 119 Å². The van der Waals surface area contributed by atoms with Crippen molar-refractivity contribution in [3.63, 3.8) is 0 Å². The predicted molar refractivity (Wildman–Crippen MR) is 80.1 cm³/mol. The van der Waals surface area contributed by atoms with Gasteiger partial charge in [-0.2, -0.15) is 5.10 Å². The Bertz CT molecular complexity index is 633. The van der Waals surface area contributed by atoms with E-state index in [4.69, 9.17) is 0 Å². The summed E-state index contributed by atoms with van der Waals surface area (Å²) in [5.74, 6) is 0.867. The van der Waals surface area contributed by atoms with Crippen LogP contribution in [-0.2, 0) is 6.54 Å². The molecule has 20 heavy (non-hydrogen) atoms. The molecule has 0 saturated carbocycles. The van der Waals surface area contributed by atoms with Crippen LogP contribution in [0.3, 0.4) is 0 Å². The molecule has 2 unspecified atom stereocenters. The Morgan fingerprint density at radius 3 is 2.90 bits per heavy atom. The lowest BCUT2D eigenvalue weighted by atomic mass is 9.97. The number of benzene rings is 1. The molecule has 1 aliphatic carbocycles. The maximum absolute atomic E-state index is 10.2. The Kier molecular flexibility index (Phi) is 3.16. The molecule has 1 heterocycles. The van der Waals surface area contributed by atoms with Gasteiger partial charge in [0, 0.05) is 18.3 Å². The average Bonchev–Trinajstić information content (AvgIpc) is 3.00. The Balaban J connectivity index is 1.93. The van der Waals surface area contributed by atoms with Crippen LogP contribution >= 0.6 is 0 Å². The minimum absolute atomic E-state index is 0.161. The van der Waals surface area contributed by atoms with Crippen LogP contribution in [0.4, 0.5) is 5.69 Å². The summed E-state index contributed by atoms with van der Waals surface area (Å²) in [6.45, 7) is 7.28. The van der Waals surface area contributed by atoms with Crippen molar-refractivity contribution in [2.75, 3.05) is 5.32 Å². The lowest BCUT2D eigenvalue weighted by Gasteiger charge is -2.15. The molecule has 0 amide bonds. The van der Waals surface area contributed by atoms with E-state index in [2.05, 4.69) is 31.2 Å². The molecule has 0 fully saturated rings. The van der Waals surface area contributed by atoms with E-state index in [-0.39, 0.29) is 6.04 Å². The van der Waals surface area contributed by atoms with Gasteiger partial charge in [-0.25, -0.2) is 0 Å². The van der Waals surface area contributed by atoms with Gasteiger partial charge in [-0.3, -0.25) is 4.68 Å². The highest BCUT2D eigenvalue weighted by Gasteiger charge is 2.32. The first-order chi connectivity index (χ1) is 9.60. The summed E-state index contributed by atoms with van der Waals surface area (Å²) in [5.41, 5.74) is 4.63. The minimum Gasteiger partial charge on any atom is -0.508 e. The van der Waals surface area contributed by atoms with E-state index in [0.29, 0.717) is 11.7 Å². The summed E-state index contributed by atoms with van der Waals surface area (Å²) in [6, 6.07) is 3.97. The van der Waals surface area contributed by atoms with Crippen LogP contribution in [0.1, 0.15) is 48.9 Å². The number of anilines is 1. The maximum atomic E-state index is 10.2. The summed E-state index contributed by atoms with van der Waals surface area (Å²) in [4.78, 5) is 0. The van der Waals surface area contributed by atoms with Gasteiger partial charge in [0.05, 0.1) is 17.9 Å². The van der Waals surface area contributed by atoms with Crippen molar-refractivity contribution in [2.24, 2.45) is 0 Å². The third-order valence-corrected chi connectivity index (χ3v) is 4.21. The lowest BCUT2D eigenvalue weighted by Crippen LogP contribution is -2.07. The molecule has 4 heteroatoms. The number of aromatic hydroxyl groups is 1. The number of phenols is 1. The molecule has 1 aromatic heterocycles. The number of fused-ring (bicyclic) bond motifs is 1. The lowest BCUT2D eigenvalue weighted by molar-refractivity contribution is 0.465. The molecule has 0 bridgehead atoms. The first-order valence-corrected chi connectivity index (χ1v) is 7.21. The predicted octanol–water partition coefficient (Wildman–Crippen LogP) is 3.58. The highest BCUT2D eigenvalue weighted by molar-refractivity contribution is 5.54. The van der Waals surface area contributed by atoms with Gasteiger partial charge in [0.1, 0.15) is 5.75 Å². The van der Waals surface area contributed by atoms with Gasteiger partial charge in [0.15, 0.2) is 0 Å². The van der Waals surface area contributed by atoms with Crippen molar-refractivity contribution < 1.29 is 5.11 Å². The molecular formula is C16H21N3O. The molecule has 3 rings (SSSR count). The van der Waals surface area contributed by atoms with Crippen LogP contribution in [-0.4, -0.2) is 14.9 Å². The molecule has 0 spiro atoms. The SMILES string of the molecule is CCn1cc(NC2CC(C)c3c(C)ccc(O)c32)cn1. The molecule has 2 N–H and O–H groups in total. The van der Waals surface area contributed by atoms with E-state index in [9.17, 15) is 5.11 Å². The third-order valence-electron chi connectivity index (χ3n) is 4.21.